The Balaban J connectivity index is 1.09. The number of hydrogen-bond donors (Lipinski definition) is 1. The lowest BCUT2D eigenvalue weighted by Gasteiger charge is -2.33. The number of H-pyrrole nitrogens is 1. The summed E-state index contributed by atoms with van der Waals surface area (Å²) in [5.74, 6) is 0.835. The highest BCUT2D eigenvalue weighted by atomic mass is 16.3. The molecule has 0 saturated heterocycles. The number of rotatable bonds is 5. The minimum Gasteiger partial charge on any atom is -0.454 e. The molecule has 1 aliphatic rings. The Labute approximate surface area is 370 Å². The second-order valence-electron chi connectivity index (χ2n) is 18.2. The minimum atomic E-state index is -0.653. The van der Waals surface area contributed by atoms with E-state index in [1.165, 1.54) is 33.2 Å². The SMILES string of the molecule is CC(C)(C)c1ccc2c(c1)-c1ccccc1C2(c1cccc(-c2cccc3c2nc(-c2cccc4c2[nH]c2ccccc24)n3-c2cccc3c2oc2ccccc23)c1)c1ccccn1. The smallest absolute Gasteiger partial charge is 0.159 e. The van der Waals surface area contributed by atoms with Gasteiger partial charge in [-0.1, -0.05) is 160 Å². The topological polar surface area (TPSA) is 59.6 Å². The van der Waals surface area contributed by atoms with Gasteiger partial charge in [-0.05, 0) is 92.9 Å². The molecule has 0 radical (unpaired) electrons. The van der Waals surface area contributed by atoms with Crippen LogP contribution >= 0.6 is 0 Å². The van der Waals surface area contributed by atoms with Crippen LogP contribution in [0.1, 0.15) is 48.7 Å². The fraction of sp³-hybridized carbons (Fsp3) is 0.0847. The largest absolute Gasteiger partial charge is 0.454 e. The summed E-state index contributed by atoms with van der Waals surface area (Å²) >= 11 is 0. The molecule has 13 rings (SSSR count). The number of para-hydroxylation sites is 5. The zero-order valence-corrected chi connectivity index (χ0v) is 35.7. The molecule has 8 aromatic carbocycles. The second-order valence-corrected chi connectivity index (χ2v) is 18.2. The van der Waals surface area contributed by atoms with Crippen molar-refractivity contribution in [1.29, 1.82) is 0 Å². The van der Waals surface area contributed by atoms with E-state index in [4.69, 9.17) is 14.4 Å². The number of fused-ring (bicyclic) bond motifs is 10. The van der Waals surface area contributed by atoms with E-state index in [1.807, 2.05) is 24.4 Å². The molecule has 0 bridgehead atoms. The molecular formula is C59H42N4O. The Morgan fingerprint density at radius 1 is 0.562 bits per heavy atom. The van der Waals surface area contributed by atoms with Crippen LogP contribution in [0.15, 0.2) is 199 Å². The summed E-state index contributed by atoms with van der Waals surface area (Å²) < 4.78 is 9.05. The quantitative estimate of drug-likeness (QED) is 0.188. The van der Waals surface area contributed by atoms with Gasteiger partial charge in [-0.2, -0.15) is 0 Å². The fourth-order valence-corrected chi connectivity index (χ4v) is 10.7. The van der Waals surface area contributed by atoms with Crippen molar-refractivity contribution in [3.05, 3.63) is 222 Å². The molecule has 304 valence electrons. The molecule has 1 atom stereocenters. The van der Waals surface area contributed by atoms with E-state index >= 15 is 0 Å². The lowest BCUT2D eigenvalue weighted by atomic mass is 9.69. The number of furan rings is 1. The number of hydrogen-bond acceptors (Lipinski definition) is 3. The van der Waals surface area contributed by atoms with Gasteiger partial charge in [0.15, 0.2) is 5.58 Å². The van der Waals surface area contributed by atoms with E-state index < -0.39 is 5.41 Å². The number of benzene rings is 8. The molecular weight excluding hydrogens is 781 g/mol. The standard InChI is InChI=1S/C59H42N4O/c1-58(2,3)37-31-32-48-46(35-37)40-18-4-7-25-47(40)59(48,53-30-10-11-33-60-53)38-17-12-16-36(34-38)39-21-14-27-50-55(39)62-57(45-24-13-22-43-41-19-5-8-26-49(41)61-54(43)45)63(50)51-28-15-23-44-42-20-6-9-29-52(42)64-56(44)51/h4-35,61H,1-3H3. The van der Waals surface area contributed by atoms with Gasteiger partial charge in [0.2, 0.25) is 0 Å². The predicted molar refractivity (Wildman–Crippen MR) is 262 cm³/mol. The van der Waals surface area contributed by atoms with Gasteiger partial charge in [0.05, 0.1) is 33.3 Å². The average molecular weight is 823 g/mol. The molecule has 0 fully saturated rings. The molecule has 4 heterocycles. The van der Waals surface area contributed by atoms with Gasteiger partial charge in [-0.3, -0.25) is 9.55 Å². The molecule has 5 nitrogen and oxygen atoms in total. The Hall–Kier alpha value is -8.02. The van der Waals surface area contributed by atoms with Crippen molar-refractivity contribution >= 4 is 54.8 Å². The third-order valence-electron chi connectivity index (χ3n) is 13.7. The molecule has 0 saturated carbocycles. The van der Waals surface area contributed by atoms with E-state index in [0.29, 0.717) is 0 Å². The van der Waals surface area contributed by atoms with Crippen LogP contribution in [-0.4, -0.2) is 19.5 Å². The summed E-state index contributed by atoms with van der Waals surface area (Å²) in [6.45, 7) is 6.86. The molecule has 1 aliphatic carbocycles. The van der Waals surface area contributed by atoms with E-state index in [9.17, 15) is 0 Å². The van der Waals surface area contributed by atoms with Crippen molar-refractivity contribution in [2.75, 3.05) is 0 Å². The summed E-state index contributed by atoms with van der Waals surface area (Å²) in [6, 6.07) is 67.7. The van der Waals surface area contributed by atoms with E-state index in [0.717, 1.165) is 88.9 Å². The van der Waals surface area contributed by atoms with Crippen molar-refractivity contribution in [3.63, 3.8) is 0 Å². The van der Waals surface area contributed by atoms with Crippen molar-refractivity contribution in [2.24, 2.45) is 0 Å². The molecule has 0 spiro atoms. The third kappa shape index (κ3) is 5.12. The number of aromatic nitrogens is 4. The van der Waals surface area contributed by atoms with Gasteiger partial charge in [0, 0.05) is 44.4 Å². The number of nitrogens with zero attached hydrogens (tertiary/aromatic N) is 3. The van der Waals surface area contributed by atoms with Crippen molar-refractivity contribution in [2.45, 2.75) is 31.6 Å². The first-order valence-corrected chi connectivity index (χ1v) is 22.1. The van der Waals surface area contributed by atoms with Gasteiger partial charge in [-0.15, -0.1) is 0 Å². The van der Waals surface area contributed by atoms with Crippen LogP contribution in [0.4, 0.5) is 0 Å². The van der Waals surface area contributed by atoms with Crippen molar-refractivity contribution in [1.82, 2.24) is 19.5 Å². The lowest BCUT2D eigenvalue weighted by molar-refractivity contribution is 0.590. The van der Waals surface area contributed by atoms with Crippen LogP contribution in [0.2, 0.25) is 0 Å². The maximum absolute atomic E-state index is 6.74. The monoisotopic (exact) mass is 822 g/mol. The van der Waals surface area contributed by atoms with Crippen LogP contribution in [0.3, 0.4) is 0 Å². The maximum Gasteiger partial charge on any atom is 0.159 e. The second kappa shape index (κ2) is 13.5. The fourth-order valence-electron chi connectivity index (χ4n) is 10.7. The number of aromatic amines is 1. The summed E-state index contributed by atoms with van der Waals surface area (Å²) in [5.41, 5.74) is 17.6. The lowest BCUT2D eigenvalue weighted by Crippen LogP contribution is -2.29. The Bertz CT molecular complexity index is 3840. The van der Waals surface area contributed by atoms with Crippen molar-refractivity contribution in [3.8, 4) is 39.3 Å². The molecule has 64 heavy (non-hydrogen) atoms. The van der Waals surface area contributed by atoms with Gasteiger partial charge in [-0.25, -0.2) is 4.98 Å². The predicted octanol–water partition coefficient (Wildman–Crippen LogP) is 14.9. The van der Waals surface area contributed by atoms with E-state index in [2.05, 4.69) is 200 Å². The maximum atomic E-state index is 6.74. The molecule has 4 aromatic heterocycles. The molecule has 12 aromatic rings. The molecule has 1 N–H and O–H groups in total. The van der Waals surface area contributed by atoms with Gasteiger partial charge < -0.3 is 9.40 Å². The molecule has 0 amide bonds. The molecule has 0 aliphatic heterocycles. The van der Waals surface area contributed by atoms with Gasteiger partial charge in [0.1, 0.15) is 11.4 Å². The normalized spacial score (nSPS) is 14.9. The average Bonchev–Trinajstić information content (AvgIpc) is 4.10. The van der Waals surface area contributed by atoms with Gasteiger partial charge >= 0.3 is 0 Å². The Kier molecular flexibility index (Phi) is 7.72. The summed E-state index contributed by atoms with van der Waals surface area (Å²) in [6.07, 6.45) is 1.93. The Morgan fingerprint density at radius 2 is 1.28 bits per heavy atom. The highest BCUT2D eigenvalue weighted by Crippen LogP contribution is 2.56. The van der Waals surface area contributed by atoms with Crippen molar-refractivity contribution < 1.29 is 4.42 Å². The number of nitrogens with one attached hydrogen (secondary N) is 1. The zero-order valence-electron chi connectivity index (χ0n) is 35.7. The van der Waals surface area contributed by atoms with Crippen LogP contribution in [-0.2, 0) is 10.8 Å². The number of imidazole rings is 1. The molecule has 1 unspecified atom stereocenters. The van der Waals surface area contributed by atoms with Crippen LogP contribution in [0.25, 0.3) is 94.1 Å². The minimum absolute atomic E-state index is 0.00309. The van der Waals surface area contributed by atoms with Crippen LogP contribution in [0, 0.1) is 0 Å². The van der Waals surface area contributed by atoms with E-state index in [-0.39, 0.29) is 5.41 Å². The highest BCUT2D eigenvalue weighted by molar-refractivity contribution is 6.13. The summed E-state index contributed by atoms with van der Waals surface area (Å²) in [7, 11) is 0. The summed E-state index contributed by atoms with van der Waals surface area (Å²) in [5, 5.41) is 4.51. The first-order chi connectivity index (χ1) is 31.4. The zero-order chi connectivity index (χ0) is 42.7. The Morgan fingerprint density at radius 3 is 2.17 bits per heavy atom. The third-order valence-corrected chi connectivity index (χ3v) is 13.7. The van der Waals surface area contributed by atoms with Gasteiger partial charge in [0.25, 0.3) is 0 Å². The van der Waals surface area contributed by atoms with Crippen LogP contribution in [0.5, 0.6) is 0 Å². The number of pyridine rings is 1. The summed E-state index contributed by atoms with van der Waals surface area (Å²) in [4.78, 5) is 14.7. The van der Waals surface area contributed by atoms with Crippen LogP contribution < -0.4 is 0 Å². The van der Waals surface area contributed by atoms with E-state index in [1.54, 1.807) is 0 Å². The highest BCUT2D eigenvalue weighted by Gasteiger charge is 2.47. The first kappa shape index (κ1) is 36.6. The first-order valence-electron chi connectivity index (χ1n) is 22.1. The molecule has 5 heteroatoms.